The third-order valence-electron chi connectivity index (χ3n) is 4.64. The molecule has 2 aromatic rings. The lowest BCUT2D eigenvalue weighted by Gasteiger charge is -2.50. The molecule has 0 bridgehead atoms. The second-order valence-corrected chi connectivity index (χ2v) is 12.9. The number of hydrogen-bond donors (Lipinski definition) is 0. The molecule has 1 amide bonds. The van der Waals surface area contributed by atoms with Crippen LogP contribution in [0.4, 0.5) is 0 Å². The van der Waals surface area contributed by atoms with E-state index < -0.39 is 19.3 Å². The highest BCUT2D eigenvalue weighted by molar-refractivity contribution is 6.69. The predicted octanol–water partition coefficient (Wildman–Crippen LogP) is 4.90. The molecule has 0 saturated carbocycles. The molecule has 0 aromatic heterocycles. The van der Waals surface area contributed by atoms with Crippen molar-refractivity contribution in [1.82, 2.24) is 4.90 Å². The summed E-state index contributed by atoms with van der Waals surface area (Å²) in [7, 11) is 1.59. The summed E-state index contributed by atoms with van der Waals surface area (Å²) in [4.78, 5) is 15.0. The number of hydrogen-bond acceptors (Lipinski definition) is 2. The standard InChI is InChI=1S/C22H31NO2Si/c1-21(2,20(24)23(3)4)22(25-26(5,6)7,18-14-10-8-11-15-18)19-16-12-9-13-17-19/h8-17H,1-7H3. The fraction of sp³-hybridized carbons (Fsp3) is 0.409. The second-order valence-electron chi connectivity index (χ2n) is 8.45. The molecule has 0 aliphatic heterocycles. The molecule has 2 aromatic carbocycles. The van der Waals surface area contributed by atoms with Crippen LogP contribution in [0.15, 0.2) is 60.7 Å². The Hall–Kier alpha value is -1.91. The Morgan fingerprint density at radius 2 is 1.23 bits per heavy atom. The highest BCUT2D eigenvalue weighted by atomic mass is 28.4. The average molecular weight is 370 g/mol. The summed E-state index contributed by atoms with van der Waals surface area (Å²) in [6.45, 7) is 10.5. The van der Waals surface area contributed by atoms with E-state index in [4.69, 9.17) is 4.43 Å². The van der Waals surface area contributed by atoms with E-state index in [2.05, 4.69) is 43.9 Å². The molecule has 0 spiro atoms. The molecule has 4 heteroatoms. The van der Waals surface area contributed by atoms with Gasteiger partial charge in [-0.05, 0) is 44.6 Å². The maximum Gasteiger partial charge on any atom is 0.231 e. The summed E-state index contributed by atoms with van der Waals surface area (Å²) in [5, 5.41) is 0. The van der Waals surface area contributed by atoms with Gasteiger partial charge in [0.25, 0.3) is 0 Å². The molecule has 140 valence electrons. The zero-order valence-electron chi connectivity index (χ0n) is 17.0. The second kappa shape index (κ2) is 7.37. The van der Waals surface area contributed by atoms with Gasteiger partial charge in [0.2, 0.25) is 5.91 Å². The SMILES string of the molecule is CN(C)C(=O)C(C)(C)C(O[Si](C)(C)C)(c1ccccc1)c1ccccc1. The summed E-state index contributed by atoms with van der Waals surface area (Å²) in [6, 6.07) is 20.3. The fourth-order valence-corrected chi connectivity index (χ4v) is 5.06. The Morgan fingerprint density at radius 1 is 0.846 bits per heavy atom. The molecule has 0 N–H and O–H groups in total. The van der Waals surface area contributed by atoms with Gasteiger partial charge in [-0.25, -0.2) is 0 Å². The van der Waals surface area contributed by atoms with Crippen molar-refractivity contribution in [3.8, 4) is 0 Å². The van der Waals surface area contributed by atoms with Crippen LogP contribution in [0.25, 0.3) is 0 Å². The van der Waals surface area contributed by atoms with Crippen LogP contribution in [0.2, 0.25) is 19.6 Å². The molecule has 0 aliphatic carbocycles. The topological polar surface area (TPSA) is 29.5 Å². The fourth-order valence-electron chi connectivity index (χ4n) is 3.65. The van der Waals surface area contributed by atoms with Crippen LogP contribution < -0.4 is 0 Å². The molecule has 2 rings (SSSR count). The van der Waals surface area contributed by atoms with E-state index >= 15 is 0 Å². The van der Waals surface area contributed by atoms with Gasteiger partial charge >= 0.3 is 0 Å². The van der Waals surface area contributed by atoms with Crippen LogP contribution in [-0.2, 0) is 14.8 Å². The van der Waals surface area contributed by atoms with Gasteiger partial charge in [0.15, 0.2) is 8.32 Å². The third kappa shape index (κ3) is 3.76. The molecule has 0 aliphatic rings. The van der Waals surface area contributed by atoms with E-state index in [1.165, 1.54) is 0 Å². The van der Waals surface area contributed by atoms with Crippen LogP contribution in [-0.4, -0.2) is 33.2 Å². The lowest BCUT2D eigenvalue weighted by Crippen LogP contribution is -2.56. The summed E-state index contributed by atoms with van der Waals surface area (Å²) < 4.78 is 6.93. The van der Waals surface area contributed by atoms with Gasteiger partial charge in [-0.15, -0.1) is 0 Å². The van der Waals surface area contributed by atoms with Crippen molar-refractivity contribution < 1.29 is 9.22 Å². The third-order valence-corrected chi connectivity index (χ3v) is 5.56. The molecular weight excluding hydrogens is 338 g/mol. The Kier molecular flexibility index (Phi) is 5.78. The van der Waals surface area contributed by atoms with Gasteiger partial charge in [-0.1, -0.05) is 60.7 Å². The van der Waals surface area contributed by atoms with Gasteiger partial charge in [-0.2, -0.15) is 0 Å². The summed E-state index contributed by atoms with van der Waals surface area (Å²) in [6.07, 6.45) is 0. The highest BCUT2D eigenvalue weighted by Crippen LogP contribution is 2.50. The van der Waals surface area contributed by atoms with E-state index in [0.29, 0.717) is 0 Å². The van der Waals surface area contributed by atoms with Crippen LogP contribution in [0, 0.1) is 5.41 Å². The van der Waals surface area contributed by atoms with E-state index in [1.807, 2.05) is 50.2 Å². The lowest BCUT2D eigenvalue weighted by molar-refractivity contribution is -0.149. The Bertz CT molecular complexity index is 694. The molecule has 26 heavy (non-hydrogen) atoms. The minimum atomic E-state index is -2.02. The quantitative estimate of drug-likeness (QED) is 0.678. The van der Waals surface area contributed by atoms with Gasteiger partial charge in [0.1, 0.15) is 5.60 Å². The number of carbonyl (C=O) groups excluding carboxylic acids is 1. The molecule has 0 fully saturated rings. The molecule has 0 heterocycles. The monoisotopic (exact) mass is 369 g/mol. The number of carbonyl (C=O) groups is 1. The molecule has 0 radical (unpaired) electrons. The van der Waals surface area contributed by atoms with Crippen molar-refractivity contribution in [1.29, 1.82) is 0 Å². The van der Waals surface area contributed by atoms with Crippen LogP contribution in [0.1, 0.15) is 25.0 Å². The van der Waals surface area contributed by atoms with Gasteiger partial charge in [-0.3, -0.25) is 4.79 Å². The zero-order valence-corrected chi connectivity index (χ0v) is 18.0. The van der Waals surface area contributed by atoms with Crippen LogP contribution >= 0.6 is 0 Å². The van der Waals surface area contributed by atoms with Crippen LogP contribution in [0.5, 0.6) is 0 Å². The summed E-state index contributed by atoms with van der Waals surface area (Å²) in [5.74, 6) is 0.0449. The minimum Gasteiger partial charge on any atom is -0.403 e. The van der Waals surface area contributed by atoms with Crippen molar-refractivity contribution in [3.63, 3.8) is 0 Å². The van der Waals surface area contributed by atoms with Crippen molar-refractivity contribution in [2.24, 2.45) is 5.41 Å². The van der Waals surface area contributed by atoms with Crippen molar-refractivity contribution >= 4 is 14.2 Å². The number of nitrogens with zero attached hydrogens (tertiary/aromatic N) is 1. The zero-order chi connectivity index (χ0) is 19.6. The number of rotatable bonds is 6. The largest absolute Gasteiger partial charge is 0.403 e. The van der Waals surface area contributed by atoms with E-state index in [9.17, 15) is 4.79 Å². The van der Waals surface area contributed by atoms with Gasteiger partial charge in [0.05, 0.1) is 5.41 Å². The first-order valence-electron chi connectivity index (χ1n) is 9.05. The minimum absolute atomic E-state index is 0.0449. The first-order valence-corrected chi connectivity index (χ1v) is 12.5. The Labute approximate surface area is 159 Å². The molecule has 0 atom stereocenters. The lowest BCUT2D eigenvalue weighted by atomic mass is 9.66. The van der Waals surface area contributed by atoms with E-state index in [-0.39, 0.29) is 5.91 Å². The number of amides is 1. The Morgan fingerprint density at radius 3 is 1.54 bits per heavy atom. The van der Waals surface area contributed by atoms with Gasteiger partial charge < -0.3 is 9.33 Å². The molecule has 0 saturated heterocycles. The summed E-state index contributed by atoms with van der Waals surface area (Å²) >= 11 is 0. The van der Waals surface area contributed by atoms with Crippen molar-refractivity contribution in [2.75, 3.05) is 14.1 Å². The maximum absolute atomic E-state index is 13.3. The first kappa shape index (κ1) is 20.4. The Balaban J connectivity index is 2.87. The normalized spacial score (nSPS) is 12.7. The summed E-state index contributed by atoms with van der Waals surface area (Å²) in [5.41, 5.74) is 0.364. The number of benzene rings is 2. The highest BCUT2D eigenvalue weighted by Gasteiger charge is 2.55. The van der Waals surface area contributed by atoms with E-state index in [1.54, 1.807) is 19.0 Å². The molecule has 0 unspecified atom stereocenters. The van der Waals surface area contributed by atoms with E-state index in [0.717, 1.165) is 11.1 Å². The maximum atomic E-state index is 13.3. The predicted molar refractivity (Wildman–Crippen MR) is 111 cm³/mol. The average Bonchev–Trinajstić information content (AvgIpc) is 2.59. The van der Waals surface area contributed by atoms with Crippen molar-refractivity contribution in [2.45, 2.75) is 39.1 Å². The first-order chi connectivity index (χ1) is 12.0. The molecule has 3 nitrogen and oxygen atoms in total. The van der Waals surface area contributed by atoms with Gasteiger partial charge in [0, 0.05) is 14.1 Å². The van der Waals surface area contributed by atoms with Crippen LogP contribution in [0.3, 0.4) is 0 Å². The smallest absolute Gasteiger partial charge is 0.231 e. The molecular formula is C22H31NO2Si. The van der Waals surface area contributed by atoms with Crippen molar-refractivity contribution in [3.05, 3.63) is 71.8 Å².